The molecular weight excluding hydrogens is 604 g/mol. The molecule has 0 aliphatic rings. The van der Waals surface area contributed by atoms with Crippen molar-refractivity contribution >= 4 is 56.5 Å². The first-order chi connectivity index (χ1) is 20.7. The number of benzene rings is 4. The first-order valence-corrected chi connectivity index (χ1v) is 15.5. The molecule has 2 nitrogen and oxygen atoms in total. The summed E-state index contributed by atoms with van der Waals surface area (Å²) in [7, 11) is 0. The fourth-order valence-corrected chi connectivity index (χ4v) is 5.43. The van der Waals surface area contributed by atoms with Crippen LogP contribution in [0.2, 0.25) is 5.02 Å². The predicted molar refractivity (Wildman–Crippen MR) is 194 cm³/mol. The van der Waals surface area contributed by atoms with E-state index in [0.717, 1.165) is 51.2 Å². The van der Waals surface area contributed by atoms with Crippen LogP contribution in [-0.4, -0.2) is 33.0 Å². The van der Waals surface area contributed by atoms with Gasteiger partial charge < -0.3 is 19.3 Å². The van der Waals surface area contributed by atoms with E-state index in [1.807, 2.05) is 25.1 Å². The summed E-state index contributed by atoms with van der Waals surface area (Å²) >= 11 is 6.03. The molecule has 0 saturated heterocycles. The third-order valence-electron chi connectivity index (χ3n) is 6.98. The van der Waals surface area contributed by atoms with Crippen molar-refractivity contribution in [2.75, 3.05) is 0 Å². The summed E-state index contributed by atoms with van der Waals surface area (Å²) in [6.45, 7) is 16.2. The van der Waals surface area contributed by atoms with E-state index in [2.05, 4.69) is 120 Å². The molecule has 0 aliphatic heterocycles. The Balaban J connectivity index is 0.000000278. The Morgan fingerprint density at radius 2 is 0.978 bits per heavy atom. The number of hydrogen-bond acceptors (Lipinski definition) is 2. The van der Waals surface area contributed by atoms with Gasteiger partial charge in [-0.05, 0) is 94.3 Å². The van der Waals surface area contributed by atoms with Gasteiger partial charge >= 0.3 is 23.1 Å². The van der Waals surface area contributed by atoms with Gasteiger partial charge in [-0.25, -0.2) is 9.97 Å². The van der Waals surface area contributed by atoms with Crippen molar-refractivity contribution in [3.8, 4) is 22.5 Å². The van der Waals surface area contributed by atoms with Crippen molar-refractivity contribution in [1.29, 1.82) is 0 Å². The van der Waals surface area contributed by atoms with Gasteiger partial charge in [0.05, 0.1) is 22.4 Å². The van der Waals surface area contributed by atoms with E-state index >= 15 is 0 Å². The number of fused-ring (bicyclic) bond motifs is 2. The molecule has 6 aromatic rings. The van der Waals surface area contributed by atoms with Crippen LogP contribution in [0.4, 0.5) is 0 Å². The van der Waals surface area contributed by atoms with Crippen LogP contribution in [0.25, 0.3) is 44.3 Å². The molecule has 0 saturated carbocycles. The molecule has 5 heteroatoms. The maximum absolute atomic E-state index is 6.03. The SMILES string of the molecule is CCCc1ccc2ccc(-c3cc(C)cc(C)c3)nc2c1.Cc1cc(C)cc(-c2ccc3ccc(Cl)cc3n2)c1.[CH2-]CC.[Cl-].[Mg+2]. The average Bonchev–Trinajstić information content (AvgIpc) is 2.96. The zero-order chi connectivity index (χ0) is 30.9. The molecule has 228 valence electrons. The van der Waals surface area contributed by atoms with E-state index in [4.69, 9.17) is 21.6 Å². The van der Waals surface area contributed by atoms with Crippen molar-refractivity contribution < 1.29 is 12.4 Å². The van der Waals surface area contributed by atoms with Gasteiger partial charge in [-0.1, -0.05) is 96.6 Å². The van der Waals surface area contributed by atoms with Crippen LogP contribution in [-0.2, 0) is 6.42 Å². The number of aromatic nitrogens is 2. The molecule has 0 amide bonds. The molecule has 0 radical (unpaired) electrons. The van der Waals surface area contributed by atoms with Gasteiger partial charge in [-0.3, -0.25) is 0 Å². The molecule has 4 aromatic carbocycles. The van der Waals surface area contributed by atoms with Crippen LogP contribution < -0.4 is 12.4 Å². The Hall–Kier alpha value is -2.95. The quantitative estimate of drug-likeness (QED) is 0.142. The van der Waals surface area contributed by atoms with Crippen LogP contribution in [0.15, 0.2) is 97.1 Å². The topological polar surface area (TPSA) is 25.8 Å². The van der Waals surface area contributed by atoms with Crippen LogP contribution >= 0.6 is 11.6 Å². The molecule has 0 aliphatic carbocycles. The summed E-state index contributed by atoms with van der Waals surface area (Å²) in [5.74, 6) is 0. The molecular formula is C40H42Cl2MgN2. The number of rotatable bonds is 4. The molecule has 6 rings (SSSR count). The van der Waals surface area contributed by atoms with Gasteiger partial charge in [-0.15, -0.1) is 0 Å². The van der Waals surface area contributed by atoms with Gasteiger partial charge in [-0.2, -0.15) is 6.42 Å². The fraction of sp³-hybridized carbons (Fsp3) is 0.225. The second kappa shape index (κ2) is 18.3. The van der Waals surface area contributed by atoms with E-state index in [9.17, 15) is 0 Å². The molecule has 2 heterocycles. The van der Waals surface area contributed by atoms with Gasteiger partial charge in [0.25, 0.3) is 0 Å². The Bertz CT molecular complexity index is 1810. The maximum Gasteiger partial charge on any atom is 2.00 e. The van der Waals surface area contributed by atoms with Crippen molar-refractivity contribution in [2.24, 2.45) is 0 Å². The normalized spacial score (nSPS) is 10.1. The van der Waals surface area contributed by atoms with Gasteiger partial charge in [0, 0.05) is 26.9 Å². The number of aryl methyl sites for hydroxylation is 5. The summed E-state index contributed by atoms with van der Waals surface area (Å²) in [5.41, 5.74) is 12.9. The summed E-state index contributed by atoms with van der Waals surface area (Å²) in [6.07, 6.45) is 3.29. The largest absolute Gasteiger partial charge is 2.00 e. The number of hydrogen-bond donors (Lipinski definition) is 0. The van der Waals surface area contributed by atoms with E-state index in [1.165, 1.54) is 45.2 Å². The fourth-order valence-electron chi connectivity index (χ4n) is 5.26. The van der Waals surface area contributed by atoms with Crippen molar-refractivity contribution in [3.05, 3.63) is 137 Å². The minimum absolute atomic E-state index is 0. The Morgan fingerprint density at radius 1 is 0.578 bits per heavy atom. The molecule has 0 bridgehead atoms. The number of nitrogens with zero attached hydrogens (tertiary/aromatic N) is 2. The zero-order valence-electron chi connectivity index (χ0n) is 27.4. The third-order valence-corrected chi connectivity index (χ3v) is 7.22. The molecule has 0 fully saturated rings. The zero-order valence-corrected chi connectivity index (χ0v) is 30.3. The van der Waals surface area contributed by atoms with Crippen LogP contribution in [0, 0.1) is 34.6 Å². The molecule has 45 heavy (non-hydrogen) atoms. The first kappa shape index (κ1) is 38.2. The van der Waals surface area contributed by atoms with Gasteiger partial charge in [0.15, 0.2) is 0 Å². The standard InChI is InChI=1S/C20H21N.C17H14ClN.C3H7.ClH.Mg/c1-4-5-16-6-7-17-8-9-19(21-20(17)13-16)18-11-14(2)10-15(3)12-18;1-11-7-12(2)9-14(8-11)16-6-4-13-3-5-15(18)10-17(13)19-16;1-3-2;;/h6-13H,4-5H2,1-3H3;3-10H,1-2H3;1,3H2,2H3;1H;/q;;-1;;+2/p-1. The van der Waals surface area contributed by atoms with Crippen molar-refractivity contribution in [2.45, 2.75) is 60.8 Å². The predicted octanol–water partition coefficient (Wildman–Crippen LogP) is 8.50. The average molecular weight is 646 g/mol. The Kier molecular flexibility index (Phi) is 15.5. The van der Waals surface area contributed by atoms with Crippen molar-refractivity contribution in [3.63, 3.8) is 0 Å². The summed E-state index contributed by atoms with van der Waals surface area (Å²) < 4.78 is 0. The molecule has 0 spiro atoms. The van der Waals surface area contributed by atoms with Gasteiger partial charge in [0.1, 0.15) is 0 Å². The Labute approximate surface area is 297 Å². The molecule has 0 atom stereocenters. The minimum atomic E-state index is 0. The minimum Gasteiger partial charge on any atom is -1.00 e. The first-order valence-electron chi connectivity index (χ1n) is 15.1. The number of halogens is 2. The summed E-state index contributed by atoms with van der Waals surface area (Å²) in [5, 5.41) is 3.04. The second-order valence-corrected chi connectivity index (χ2v) is 11.7. The number of pyridine rings is 2. The van der Waals surface area contributed by atoms with E-state index < -0.39 is 0 Å². The van der Waals surface area contributed by atoms with Crippen molar-refractivity contribution in [1.82, 2.24) is 9.97 Å². The van der Waals surface area contributed by atoms with E-state index in [1.54, 1.807) is 0 Å². The second-order valence-electron chi connectivity index (χ2n) is 11.3. The molecule has 0 unspecified atom stereocenters. The van der Waals surface area contributed by atoms with Crippen LogP contribution in [0.3, 0.4) is 0 Å². The van der Waals surface area contributed by atoms with E-state index in [-0.39, 0.29) is 35.5 Å². The third kappa shape index (κ3) is 10.8. The molecule has 0 N–H and O–H groups in total. The monoisotopic (exact) mass is 644 g/mol. The van der Waals surface area contributed by atoms with Crippen LogP contribution in [0.5, 0.6) is 0 Å². The molecule has 2 aromatic heterocycles. The van der Waals surface area contributed by atoms with Gasteiger partial charge in [0.2, 0.25) is 0 Å². The summed E-state index contributed by atoms with van der Waals surface area (Å²) in [4.78, 5) is 9.57. The van der Waals surface area contributed by atoms with E-state index in [0.29, 0.717) is 0 Å². The Morgan fingerprint density at radius 3 is 1.42 bits per heavy atom. The van der Waals surface area contributed by atoms with Crippen LogP contribution in [0.1, 0.15) is 54.5 Å². The smallest absolute Gasteiger partial charge is 1.00 e. The summed E-state index contributed by atoms with van der Waals surface area (Å²) in [6, 6.07) is 33.9. The maximum atomic E-state index is 6.03.